The summed E-state index contributed by atoms with van der Waals surface area (Å²) < 4.78 is 6.96. The average Bonchev–Trinajstić information content (AvgIpc) is 3.43. The molecule has 2 aliphatic heterocycles. The fourth-order valence-corrected chi connectivity index (χ4v) is 5.01. The van der Waals surface area contributed by atoms with E-state index in [0.29, 0.717) is 10.7 Å². The van der Waals surface area contributed by atoms with E-state index in [1.807, 2.05) is 42.5 Å². The number of hydrogen-bond donors (Lipinski definition) is 0. The van der Waals surface area contributed by atoms with E-state index >= 15 is 0 Å². The topological polar surface area (TPSA) is 49.1 Å². The lowest BCUT2D eigenvalue weighted by molar-refractivity contribution is -0.113. The Bertz CT molecular complexity index is 1160. The van der Waals surface area contributed by atoms with Crippen LogP contribution in [0.4, 0.5) is 0 Å². The number of halogens is 1. The molecule has 0 radical (unpaired) electrons. The van der Waals surface area contributed by atoms with Gasteiger partial charge in [-0.25, -0.2) is 0 Å². The predicted octanol–water partition coefficient (Wildman–Crippen LogP) is 5.50. The van der Waals surface area contributed by atoms with Gasteiger partial charge in [-0.2, -0.15) is 4.99 Å². The van der Waals surface area contributed by atoms with Gasteiger partial charge in [0.1, 0.15) is 11.5 Å². The van der Waals surface area contributed by atoms with E-state index in [1.54, 1.807) is 6.08 Å². The normalized spacial score (nSPS) is 18.4. The molecule has 0 spiro atoms. The van der Waals surface area contributed by atoms with Crippen molar-refractivity contribution in [3.05, 3.63) is 87.4 Å². The molecule has 5 nitrogen and oxygen atoms in total. The van der Waals surface area contributed by atoms with Crippen LogP contribution in [0.1, 0.15) is 11.3 Å². The van der Waals surface area contributed by atoms with E-state index in [-0.39, 0.29) is 5.91 Å². The SMILES string of the molecule is O=C1N=C(N2CCN(Cc3ccccc3)CC2)S/C1=C/c1ccc(-c2ccc(Br)cc2)o1. The van der Waals surface area contributed by atoms with E-state index in [0.717, 1.165) is 53.7 Å². The summed E-state index contributed by atoms with van der Waals surface area (Å²) in [5.74, 6) is 1.23. The highest BCUT2D eigenvalue weighted by Gasteiger charge is 2.28. The molecule has 3 aromatic rings. The van der Waals surface area contributed by atoms with E-state index in [9.17, 15) is 4.79 Å². The average molecular weight is 508 g/mol. The molecule has 3 heterocycles. The smallest absolute Gasteiger partial charge is 0.286 e. The molecule has 1 saturated heterocycles. The standard InChI is InChI=1S/C25H22BrN3O2S/c26-20-8-6-19(7-9-20)22-11-10-21(31-22)16-23-24(30)27-25(32-23)29-14-12-28(13-15-29)17-18-4-2-1-3-5-18/h1-11,16H,12-15,17H2/b23-16+. The third-order valence-corrected chi connectivity index (χ3v) is 7.10. The van der Waals surface area contributed by atoms with Gasteiger partial charge in [0, 0.05) is 48.8 Å². The van der Waals surface area contributed by atoms with Crippen molar-refractivity contribution in [2.24, 2.45) is 4.99 Å². The highest BCUT2D eigenvalue weighted by Crippen LogP contribution is 2.32. The van der Waals surface area contributed by atoms with Crippen LogP contribution < -0.4 is 0 Å². The van der Waals surface area contributed by atoms with E-state index in [1.165, 1.54) is 17.3 Å². The van der Waals surface area contributed by atoms with Gasteiger partial charge in [0.2, 0.25) is 0 Å². The van der Waals surface area contributed by atoms with Gasteiger partial charge in [-0.05, 0) is 41.6 Å². The number of carbonyl (C=O) groups is 1. The molecule has 0 bridgehead atoms. The van der Waals surface area contributed by atoms with Crippen LogP contribution in [0.2, 0.25) is 0 Å². The van der Waals surface area contributed by atoms with Gasteiger partial charge in [0.15, 0.2) is 5.17 Å². The first-order valence-corrected chi connectivity index (χ1v) is 12.1. The maximum Gasteiger partial charge on any atom is 0.286 e. The molecular formula is C25H22BrN3O2S. The van der Waals surface area contributed by atoms with E-state index in [4.69, 9.17) is 4.42 Å². The molecule has 162 valence electrons. The molecule has 0 aliphatic carbocycles. The monoisotopic (exact) mass is 507 g/mol. The zero-order valence-electron chi connectivity index (χ0n) is 17.4. The molecule has 2 aliphatic rings. The third-order valence-electron chi connectivity index (χ3n) is 5.53. The van der Waals surface area contributed by atoms with Crippen molar-refractivity contribution in [2.45, 2.75) is 6.54 Å². The highest BCUT2D eigenvalue weighted by atomic mass is 79.9. The van der Waals surface area contributed by atoms with Gasteiger partial charge in [0.05, 0.1) is 4.91 Å². The Balaban J connectivity index is 1.20. The lowest BCUT2D eigenvalue weighted by Crippen LogP contribution is -2.47. The van der Waals surface area contributed by atoms with Crippen molar-refractivity contribution in [3.8, 4) is 11.3 Å². The van der Waals surface area contributed by atoms with Crippen LogP contribution in [-0.2, 0) is 11.3 Å². The van der Waals surface area contributed by atoms with Crippen LogP contribution >= 0.6 is 27.7 Å². The Morgan fingerprint density at radius 1 is 0.969 bits per heavy atom. The van der Waals surface area contributed by atoms with Crippen molar-refractivity contribution in [1.29, 1.82) is 0 Å². The number of aliphatic imine (C=N–C) groups is 1. The van der Waals surface area contributed by atoms with Crippen molar-refractivity contribution >= 4 is 44.8 Å². The first kappa shape index (κ1) is 21.2. The summed E-state index contributed by atoms with van der Waals surface area (Å²) >= 11 is 4.88. The Morgan fingerprint density at radius 3 is 2.47 bits per heavy atom. The zero-order valence-corrected chi connectivity index (χ0v) is 19.8. The molecule has 1 aromatic heterocycles. The summed E-state index contributed by atoms with van der Waals surface area (Å²) in [6.07, 6.45) is 1.79. The number of furan rings is 1. The molecule has 1 amide bonds. The van der Waals surface area contributed by atoms with Crippen LogP contribution in [0.15, 0.2) is 85.5 Å². The van der Waals surface area contributed by atoms with Gasteiger partial charge in [-0.1, -0.05) is 58.4 Å². The quantitative estimate of drug-likeness (QED) is 0.436. The minimum absolute atomic E-state index is 0.196. The van der Waals surface area contributed by atoms with Gasteiger partial charge < -0.3 is 9.32 Å². The lowest BCUT2D eigenvalue weighted by atomic mass is 10.2. The van der Waals surface area contributed by atoms with Crippen LogP contribution in [0.5, 0.6) is 0 Å². The van der Waals surface area contributed by atoms with E-state index in [2.05, 4.69) is 55.0 Å². The fourth-order valence-electron chi connectivity index (χ4n) is 3.80. The summed E-state index contributed by atoms with van der Waals surface area (Å²) in [5.41, 5.74) is 2.32. The lowest BCUT2D eigenvalue weighted by Gasteiger charge is -2.35. The van der Waals surface area contributed by atoms with Crippen molar-refractivity contribution < 1.29 is 9.21 Å². The number of piperazine rings is 1. The maximum atomic E-state index is 12.5. The third kappa shape index (κ3) is 4.90. The number of carbonyl (C=O) groups excluding carboxylic acids is 1. The fraction of sp³-hybridized carbons (Fsp3) is 0.200. The number of thioether (sulfide) groups is 1. The first-order chi connectivity index (χ1) is 15.6. The molecule has 0 saturated carbocycles. The molecule has 0 unspecified atom stereocenters. The zero-order chi connectivity index (χ0) is 21.9. The van der Waals surface area contributed by atoms with Crippen molar-refractivity contribution in [1.82, 2.24) is 9.80 Å². The largest absolute Gasteiger partial charge is 0.457 e. The molecule has 32 heavy (non-hydrogen) atoms. The van der Waals surface area contributed by atoms with Crippen LogP contribution in [0.3, 0.4) is 0 Å². The van der Waals surface area contributed by atoms with Gasteiger partial charge in [-0.15, -0.1) is 0 Å². The molecule has 7 heteroatoms. The second-order valence-corrected chi connectivity index (χ2v) is 9.69. The molecule has 0 atom stereocenters. The minimum atomic E-state index is -0.196. The summed E-state index contributed by atoms with van der Waals surface area (Å²) in [4.78, 5) is 22.0. The van der Waals surface area contributed by atoms with Gasteiger partial charge in [-0.3, -0.25) is 9.69 Å². The Morgan fingerprint density at radius 2 is 1.72 bits per heavy atom. The molecule has 1 fully saturated rings. The second-order valence-electron chi connectivity index (χ2n) is 7.77. The number of amidine groups is 1. The van der Waals surface area contributed by atoms with Crippen LogP contribution in [0, 0.1) is 0 Å². The maximum absolute atomic E-state index is 12.5. The summed E-state index contributed by atoms with van der Waals surface area (Å²) in [7, 11) is 0. The molecular weight excluding hydrogens is 486 g/mol. The summed E-state index contributed by atoms with van der Waals surface area (Å²) in [6, 6.07) is 22.3. The molecule has 0 N–H and O–H groups in total. The second kappa shape index (κ2) is 9.48. The minimum Gasteiger partial charge on any atom is -0.457 e. The van der Waals surface area contributed by atoms with Crippen molar-refractivity contribution in [2.75, 3.05) is 26.2 Å². The number of nitrogens with zero attached hydrogens (tertiary/aromatic N) is 3. The number of benzene rings is 2. The van der Waals surface area contributed by atoms with Crippen molar-refractivity contribution in [3.63, 3.8) is 0 Å². The number of hydrogen-bond acceptors (Lipinski definition) is 5. The first-order valence-electron chi connectivity index (χ1n) is 10.5. The predicted molar refractivity (Wildman–Crippen MR) is 133 cm³/mol. The summed E-state index contributed by atoms with van der Waals surface area (Å²) in [6.45, 7) is 4.60. The van der Waals surface area contributed by atoms with Gasteiger partial charge in [0.25, 0.3) is 5.91 Å². The van der Waals surface area contributed by atoms with E-state index < -0.39 is 0 Å². The van der Waals surface area contributed by atoms with Crippen LogP contribution in [-0.4, -0.2) is 47.1 Å². The number of rotatable bonds is 4. The molecule has 2 aromatic carbocycles. The Labute approximate surface area is 199 Å². The van der Waals surface area contributed by atoms with Gasteiger partial charge >= 0.3 is 0 Å². The Kier molecular flexibility index (Phi) is 6.30. The number of amides is 1. The Hall–Kier alpha value is -2.61. The van der Waals surface area contributed by atoms with Crippen LogP contribution in [0.25, 0.3) is 17.4 Å². The molecule has 5 rings (SSSR count). The highest BCUT2D eigenvalue weighted by molar-refractivity contribution is 9.10. The summed E-state index contributed by atoms with van der Waals surface area (Å²) in [5, 5.41) is 0.792.